The van der Waals surface area contributed by atoms with Crippen LogP contribution in [0.1, 0.15) is 29.9 Å². The number of ether oxygens (including phenoxy) is 3. The van der Waals surface area contributed by atoms with E-state index in [4.69, 9.17) is 14.2 Å². The Morgan fingerprint density at radius 2 is 1.60 bits per heavy atom. The third kappa shape index (κ3) is 3.62. The molecule has 0 saturated carbocycles. The highest BCUT2D eigenvalue weighted by Crippen LogP contribution is 2.43. The number of hydrogen-bond acceptors (Lipinski definition) is 6. The molecule has 2 aromatic rings. The van der Waals surface area contributed by atoms with Gasteiger partial charge in [0.1, 0.15) is 17.2 Å². The normalized spacial score (nSPS) is 15.1. The van der Waals surface area contributed by atoms with E-state index in [0.717, 1.165) is 60.1 Å². The fraction of sp³-hybridized carbons (Fsp3) is 0.474. The lowest BCUT2D eigenvalue weighted by Gasteiger charge is -2.34. The standard InChI is InChI=1S/C19H25N3O3/c1-13-9-18(21-20-12-13)22-7-5-14(6-8-22)19-16(24-3)10-15(23-2)11-17(19)25-4/h9-12,14H,5-8H2,1-4H3. The minimum Gasteiger partial charge on any atom is -0.496 e. The minimum absolute atomic E-state index is 0.379. The molecule has 1 saturated heterocycles. The van der Waals surface area contributed by atoms with Gasteiger partial charge in [0.15, 0.2) is 5.82 Å². The van der Waals surface area contributed by atoms with Gasteiger partial charge in [-0.15, -0.1) is 5.10 Å². The summed E-state index contributed by atoms with van der Waals surface area (Å²) in [6.45, 7) is 3.90. The van der Waals surface area contributed by atoms with Crippen LogP contribution in [0.3, 0.4) is 0 Å². The molecular weight excluding hydrogens is 318 g/mol. The Hall–Kier alpha value is -2.50. The summed E-state index contributed by atoms with van der Waals surface area (Å²) in [5.41, 5.74) is 2.26. The molecule has 0 aliphatic carbocycles. The third-order valence-electron chi connectivity index (χ3n) is 4.76. The van der Waals surface area contributed by atoms with Crippen molar-refractivity contribution >= 4 is 5.82 Å². The Morgan fingerprint density at radius 3 is 2.12 bits per heavy atom. The quantitative estimate of drug-likeness (QED) is 0.831. The van der Waals surface area contributed by atoms with Crippen molar-refractivity contribution in [3.63, 3.8) is 0 Å². The minimum atomic E-state index is 0.379. The molecule has 2 heterocycles. The lowest BCUT2D eigenvalue weighted by atomic mass is 9.88. The summed E-state index contributed by atoms with van der Waals surface area (Å²) < 4.78 is 16.6. The average molecular weight is 343 g/mol. The largest absolute Gasteiger partial charge is 0.496 e. The fourth-order valence-corrected chi connectivity index (χ4v) is 3.44. The summed E-state index contributed by atoms with van der Waals surface area (Å²) >= 11 is 0. The maximum atomic E-state index is 5.61. The summed E-state index contributed by atoms with van der Waals surface area (Å²) in [6.07, 6.45) is 3.80. The van der Waals surface area contributed by atoms with Crippen molar-refractivity contribution in [1.82, 2.24) is 10.2 Å². The van der Waals surface area contributed by atoms with E-state index in [2.05, 4.69) is 21.2 Å². The molecule has 0 unspecified atom stereocenters. The molecule has 0 atom stereocenters. The SMILES string of the molecule is COc1cc(OC)c(C2CCN(c3cc(C)cnn3)CC2)c(OC)c1. The van der Waals surface area contributed by atoms with Gasteiger partial charge in [0.25, 0.3) is 0 Å². The molecule has 6 nitrogen and oxygen atoms in total. The summed E-state index contributed by atoms with van der Waals surface area (Å²) in [6, 6.07) is 5.94. The first kappa shape index (κ1) is 17.3. The van der Waals surface area contributed by atoms with E-state index in [9.17, 15) is 0 Å². The van der Waals surface area contributed by atoms with E-state index in [1.807, 2.05) is 19.1 Å². The van der Waals surface area contributed by atoms with Crippen LogP contribution in [0, 0.1) is 6.92 Å². The smallest absolute Gasteiger partial charge is 0.151 e. The second-order valence-electron chi connectivity index (χ2n) is 6.30. The zero-order chi connectivity index (χ0) is 17.8. The third-order valence-corrected chi connectivity index (χ3v) is 4.76. The molecule has 0 N–H and O–H groups in total. The van der Waals surface area contributed by atoms with Gasteiger partial charge in [-0.1, -0.05) is 0 Å². The molecular formula is C19H25N3O3. The Kier molecular flexibility index (Phi) is 5.26. The van der Waals surface area contributed by atoms with E-state index in [1.165, 1.54) is 0 Å². The van der Waals surface area contributed by atoms with Gasteiger partial charge in [-0.25, -0.2) is 0 Å². The molecule has 1 aromatic heterocycles. The highest BCUT2D eigenvalue weighted by atomic mass is 16.5. The summed E-state index contributed by atoms with van der Waals surface area (Å²) in [5, 5.41) is 8.33. The van der Waals surface area contributed by atoms with E-state index < -0.39 is 0 Å². The molecule has 134 valence electrons. The molecule has 0 spiro atoms. The molecule has 1 aliphatic heterocycles. The Balaban J connectivity index is 1.81. The first-order valence-electron chi connectivity index (χ1n) is 8.50. The molecule has 1 aromatic carbocycles. The highest BCUT2D eigenvalue weighted by molar-refractivity contribution is 5.53. The summed E-state index contributed by atoms with van der Waals surface area (Å²) in [4.78, 5) is 2.29. The second kappa shape index (κ2) is 7.59. The van der Waals surface area contributed by atoms with Crippen LogP contribution in [-0.4, -0.2) is 44.6 Å². The summed E-state index contributed by atoms with van der Waals surface area (Å²) in [5.74, 6) is 3.72. The maximum absolute atomic E-state index is 5.61. The van der Waals surface area contributed by atoms with Crippen molar-refractivity contribution in [3.05, 3.63) is 35.5 Å². The lowest BCUT2D eigenvalue weighted by molar-refractivity contribution is 0.356. The highest BCUT2D eigenvalue weighted by Gasteiger charge is 2.27. The molecule has 6 heteroatoms. The van der Waals surface area contributed by atoms with Crippen molar-refractivity contribution in [2.45, 2.75) is 25.7 Å². The molecule has 25 heavy (non-hydrogen) atoms. The number of nitrogens with zero attached hydrogens (tertiary/aromatic N) is 3. The topological polar surface area (TPSA) is 56.7 Å². The predicted molar refractivity (Wildman–Crippen MR) is 97.1 cm³/mol. The maximum Gasteiger partial charge on any atom is 0.151 e. The van der Waals surface area contributed by atoms with Gasteiger partial charge >= 0.3 is 0 Å². The van der Waals surface area contributed by atoms with Crippen molar-refractivity contribution in [1.29, 1.82) is 0 Å². The zero-order valence-corrected chi connectivity index (χ0v) is 15.3. The molecule has 1 aliphatic rings. The van der Waals surface area contributed by atoms with Crippen LogP contribution >= 0.6 is 0 Å². The number of piperidine rings is 1. The van der Waals surface area contributed by atoms with Gasteiger partial charge in [-0.2, -0.15) is 5.10 Å². The Morgan fingerprint density at radius 1 is 0.960 bits per heavy atom. The average Bonchev–Trinajstić information content (AvgIpc) is 2.67. The van der Waals surface area contributed by atoms with Crippen molar-refractivity contribution in [2.24, 2.45) is 0 Å². The van der Waals surface area contributed by atoms with E-state index in [-0.39, 0.29) is 0 Å². The van der Waals surface area contributed by atoms with Crippen LogP contribution in [0.4, 0.5) is 5.82 Å². The van der Waals surface area contributed by atoms with Crippen LogP contribution in [0.5, 0.6) is 17.2 Å². The molecule has 3 rings (SSSR count). The van der Waals surface area contributed by atoms with Crippen molar-refractivity contribution in [3.8, 4) is 17.2 Å². The van der Waals surface area contributed by atoms with E-state index in [0.29, 0.717) is 5.92 Å². The van der Waals surface area contributed by atoms with Gasteiger partial charge in [0.05, 0.1) is 27.5 Å². The molecule has 1 fully saturated rings. The molecule has 0 radical (unpaired) electrons. The van der Waals surface area contributed by atoms with Gasteiger partial charge in [-0.3, -0.25) is 0 Å². The number of benzene rings is 1. The van der Waals surface area contributed by atoms with Crippen LogP contribution in [0.25, 0.3) is 0 Å². The van der Waals surface area contributed by atoms with Crippen molar-refractivity contribution in [2.75, 3.05) is 39.3 Å². The summed E-state index contributed by atoms with van der Waals surface area (Å²) in [7, 11) is 5.03. The predicted octanol–water partition coefficient (Wildman–Crippen LogP) is 3.19. The van der Waals surface area contributed by atoms with Crippen LogP contribution in [0.2, 0.25) is 0 Å². The van der Waals surface area contributed by atoms with E-state index >= 15 is 0 Å². The first-order valence-corrected chi connectivity index (χ1v) is 8.50. The lowest BCUT2D eigenvalue weighted by Crippen LogP contribution is -2.33. The number of aryl methyl sites for hydroxylation is 1. The Labute approximate surface area is 148 Å². The van der Waals surface area contributed by atoms with Gasteiger partial charge < -0.3 is 19.1 Å². The van der Waals surface area contributed by atoms with Crippen LogP contribution < -0.4 is 19.1 Å². The van der Waals surface area contributed by atoms with Crippen LogP contribution in [-0.2, 0) is 0 Å². The first-order chi connectivity index (χ1) is 12.2. The number of hydrogen-bond donors (Lipinski definition) is 0. The van der Waals surface area contributed by atoms with E-state index in [1.54, 1.807) is 27.5 Å². The van der Waals surface area contributed by atoms with Gasteiger partial charge in [0.2, 0.25) is 0 Å². The van der Waals surface area contributed by atoms with Crippen LogP contribution in [0.15, 0.2) is 24.4 Å². The van der Waals surface area contributed by atoms with Gasteiger partial charge in [0, 0.05) is 30.8 Å². The van der Waals surface area contributed by atoms with Crippen molar-refractivity contribution < 1.29 is 14.2 Å². The molecule has 0 amide bonds. The number of rotatable bonds is 5. The number of aromatic nitrogens is 2. The second-order valence-corrected chi connectivity index (χ2v) is 6.30. The Bertz CT molecular complexity index is 703. The fourth-order valence-electron chi connectivity index (χ4n) is 3.44. The monoisotopic (exact) mass is 343 g/mol. The van der Waals surface area contributed by atoms with Gasteiger partial charge in [-0.05, 0) is 37.3 Å². The molecule has 0 bridgehead atoms. The number of anilines is 1. The number of methoxy groups -OCH3 is 3. The zero-order valence-electron chi connectivity index (χ0n) is 15.3.